The molecule has 0 fully saturated rings. The lowest BCUT2D eigenvalue weighted by atomic mass is 10.1. The van der Waals surface area contributed by atoms with Gasteiger partial charge in [-0.1, -0.05) is 44.8 Å². The van der Waals surface area contributed by atoms with Gasteiger partial charge in [-0.25, -0.2) is 0 Å². The summed E-state index contributed by atoms with van der Waals surface area (Å²) in [7, 11) is 1.71. The Morgan fingerprint density at radius 1 is 1.21 bits per heavy atom. The van der Waals surface area contributed by atoms with Crippen LogP contribution in [0.25, 0.3) is 11.4 Å². The Morgan fingerprint density at radius 3 is 2.67 bits per heavy atom. The zero-order valence-corrected chi connectivity index (χ0v) is 14.9. The average molecular weight is 386 g/mol. The molecule has 3 rings (SSSR count). The number of carbonyl (C=O) groups excluding carboxylic acids is 1. The van der Waals surface area contributed by atoms with Crippen molar-refractivity contribution >= 4 is 21.8 Å². The molecule has 122 valence electrons. The third kappa shape index (κ3) is 3.71. The molecule has 0 spiro atoms. The van der Waals surface area contributed by atoms with Gasteiger partial charge < -0.3 is 9.42 Å². The highest BCUT2D eigenvalue weighted by Crippen LogP contribution is 2.18. The average Bonchev–Trinajstić information content (AvgIpc) is 3.03. The van der Waals surface area contributed by atoms with E-state index in [1.165, 1.54) is 0 Å². The van der Waals surface area contributed by atoms with Crippen molar-refractivity contribution < 1.29 is 9.32 Å². The molecule has 0 saturated heterocycles. The Hall–Kier alpha value is -2.47. The maximum atomic E-state index is 12.4. The summed E-state index contributed by atoms with van der Waals surface area (Å²) in [6.45, 7) is 2.27. The van der Waals surface area contributed by atoms with Crippen LogP contribution in [-0.4, -0.2) is 28.0 Å². The first-order chi connectivity index (χ1) is 11.5. The van der Waals surface area contributed by atoms with Crippen molar-refractivity contribution in [2.24, 2.45) is 0 Å². The van der Waals surface area contributed by atoms with Gasteiger partial charge >= 0.3 is 0 Å². The van der Waals surface area contributed by atoms with E-state index < -0.39 is 0 Å². The summed E-state index contributed by atoms with van der Waals surface area (Å²) in [5.74, 6) is 0.829. The fourth-order valence-electron chi connectivity index (χ4n) is 2.31. The smallest absolute Gasteiger partial charge is 0.254 e. The Labute approximate surface area is 148 Å². The van der Waals surface area contributed by atoms with Gasteiger partial charge in [-0.05, 0) is 37.3 Å². The number of hydrogen-bond acceptors (Lipinski definition) is 4. The Balaban J connectivity index is 1.72. The summed E-state index contributed by atoms with van der Waals surface area (Å²) < 4.78 is 6.20. The van der Waals surface area contributed by atoms with E-state index in [4.69, 9.17) is 4.52 Å². The molecule has 2 aromatic carbocycles. The number of aromatic nitrogens is 2. The highest BCUT2D eigenvalue weighted by molar-refractivity contribution is 9.10. The van der Waals surface area contributed by atoms with E-state index in [0.717, 1.165) is 15.6 Å². The van der Waals surface area contributed by atoms with Gasteiger partial charge in [0.05, 0.1) is 6.54 Å². The molecule has 0 bridgehead atoms. The molecule has 0 aliphatic heterocycles. The number of halogens is 1. The summed E-state index contributed by atoms with van der Waals surface area (Å²) in [6, 6.07) is 15.1. The van der Waals surface area contributed by atoms with Crippen LogP contribution in [0, 0.1) is 6.92 Å². The van der Waals surface area contributed by atoms with E-state index in [1.807, 2.05) is 43.3 Å². The fourth-order valence-corrected chi connectivity index (χ4v) is 2.57. The predicted octanol–water partition coefficient (Wildman–Crippen LogP) is 4.08. The molecule has 1 aromatic heterocycles. The number of hydrogen-bond donors (Lipinski definition) is 0. The van der Waals surface area contributed by atoms with E-state index in [0.29, 0.717) is 17.3 Å². The number of amides is 1. The standard InChI is InChI=1S/C18H16BrN3O2/c1-12-4-3-5-14(10-12)17-20-16(24-21-17)11-22(2)18(23)13-6-8-15(19)9-7-13/h3-10H,11H2,1-2H3. The molecule has 6 heteroatoms. The lowest BCUT2D eigenvalue weighted by Gasteiger charge is -2.14. The molecule has 0 saturated carbocycles. The van der Waals surface area contributed by atoms with Gasteiger partial charge in [0.2, 0.25) is 11.7 Å². The molecular formula is C18H16BrN3O2. The number of nitrogens with zero attached hydrogens (tertiary/aromatic N) is 3. The predicted molar refractivity (Wildman–Crippen MR) is 94.4 cm³/mol. The maximum Gasteiger partial charge on any atom is 0.254 e. The normalized spacial score (nSPS) is 10.6. The minimum absolute atomic E-state index is 0.0993. The summed E-state index contributed by atoms with van der Waals surface area (Å²) in [4.78, 5) is 18.3. The SMILES string of the molecule is Cc1cccc(-c2noc(CN(C)C(=O)c3ccc(Br)cc3)n2)c1. The van der Waals surface area contributed by atoms with Crippen LogP contribution in [0.5, 0.6) is 0 Å². The summed E-state index contributed by atoms with van der Waals surface area (Å²) >= 11 is 3.36. The first-order valence-corrected chi connectivity index (χ1v) is 8.23. The Morgan fingerprint density at radius 2 is 1.96 bits per heavy atom. The third-order valence-corrected chi connectivity index (χ3v) is 4.08. The molecule has 1 amide bonds. The van der Waals surface area contributed by atoms with Crippen LogP contribution in [0.1, 0.15) is 21.8 Å². The van der Waals surface area contributed by atoms with Crippen molar-refractivity contribution in [3.8, 4) is 11.4 Å². The van der Waals surface area contributed by atoms with Crippen LogP contribution < -0.4 is 0 Å². The van der Waals surface area contributed by atoms with Gasteiger partial charge in [0.1, 0.15) is 0 Å². The van der Waals surface area contributed by atoms with E-state index in [1.54, 1.807) is 24.1 Å². The van der Waals surface area contributed by atoms with Gasteiger partial charge in [0.15, 0.2) is 0 Å². The summed E-state index contributed by atoms with van der Waals surface area (Å²) in [5.41, 5.74) is 2.63. The highest BCUT2D eigenvalue weighted by atomic mass is 79.9. The van der Waals surface area contributed by atoms with Crippen molar-refractivity contribution in [1.29, 1.82) is 0 Å². The molecule has 3 aromatic rings. The largest absolute Gasteiger partial charge is 0.337 e. The monoisotopic (exact) mass is 385 g/mol. The first-order valence-electron chi connectivity index (χ1n) is 7.43. The highest BCUT2D eigenvalue weighted by Gasteiger charge is 2.16. The number of aryl methyl sites for hydroxylation is 1. The van der Waals surface area contributed by atoms with Crippen LogP contribution >= 0.6 is 15.9 Å². The van der Waals surface area contributed by atoms with E-state index >= 15 is 0 Å². The molecule has 0 unspecified atom stereocenters. The van der Waals surface area contributed by atoms with Gasteiger partial charge in [0, 0.05) is 22.6 Å². The lowest BCUT2D eigenvalue weighted by Crippen LogP contribution is -2.26. The van der Waals surface area contributed by atoms with Crippen LogP contribution in [0.4, 0.5) is 0 Å². The molecular weight excluding hydrogens is 370 g/mol. The molecule has 0 N–H and O–H groups in total. The number of benzene rings is 2. The van der Waals surface area contributed by atoms with Crippen LogP contribution in [0.15, 0.2) is 57.5 Å². The van der Waals surface area contributed by atoms with Crippen molar-refractivity contribution in [2.45, 2.75) is 13.5 Å². The molecule has 0 atom stereocenters. The quantitative estimate of drug-likeness (QED) is 0.678. The van der Waals surface area contributed by atoms with E-state index in [9.17, 15) is 4.79 Å². The molecule has 5 nitrogen and oxygen atoms in total. The van der Waals surface area contributed by atoms with Gasteiger partial charge in [-0.3, -0.25) is 4.79 Å². The summed E-state index contributed by atoms with van der Waals surface area (Å²) in [6.07, 6.45) is 0. The molecule has 0 radical (unpaired) electrons. The second kappa shape index (κ2) is 6.97. The van der Waals surface area contributed by atoms with Crippen molar-refractivity contribution in [1.82, 2.24) is 15.0 Å². The third-order valence-electron chi connectivity index (χ3n) is 3.55. The Bertz CT molecular complexity index is 859. The van der Waals surface area contributed by atoms with Crippen molar-refractivity contribution in [3.05, 3.63) is 70.0 Å². The fraction of sp³-hybridized carbons (Fsp3) is 0.167. The van der Waals surface area contributed by atoms with Crippen molar-refractivity contribution in [3.63, 3.8) is 0 Å². The van der Waals surface area contributed by atoms with Crippen LogP contribution in [-0.2, 0) is 6.54 Å². The van der Waals surface area contributed by atoms with Crippen molar-refractivity contribution in [2.75, 3.05) is 7.05 Å². The van der Waals surface area contributed by atoms with Gasteiger partial charge in [-0.15, -0.1) is 0 Å². The minimum atomic E-state index is -0.0993. The molecule has 0 aliphatic rings. The van der Waals surface area contributed by atoms with E-state index in [2.05, 4.69) is 26.1 Å². The summed E-state index contributed by atoms with van der Waals surface area (Å²) in [5, 5.41) is 3.99. The minimum Gasteiger partial charge on any atom is -0.337 e. The zero-order valence-electron chi connectivity index (χ0n) is 13.4. The Kier molecular flexibility index (Phi) is 4.76. The lowest BCUT2D eigenvalue weighted by molar-refractivity contribution is 0.0769. The van der Waals surface area contributed by atoms with Gasteiger partial charge in [-0.2, -0.15) is 4.98 Å². The molecule has 1 heterocycles. The zero-order chi connectivity index (χ0) is 17.1. The van der Waals surface area contributed by atoms with Gasteiger partial charge in [0.25, 0.3) is 5.91 Å². The number of rotatable bonds is 4. The van der Waals surface area contributed by atoms with Crippen LogP contribution in [0.3, 0.4) is 0 Å². The van der Waals surface area contributed by atoms with Crippen LogP contribution in [0.2, 0.25) is 0 Å². The van der Waals surface area contributed by atoms with E-state index in [-0.39, 0.29) is 12.5 Å². The maximum absolute atomic E-state index is 12.4. The first kappa shape index (κ1) is 16.4. The molecule has 24 heavy (non-hydrogen) atoms. The topological polar surface area (TPSA) is 59.2 Å². The second-order valence-corrected chi connectivity index (χ2v) is 6.46. The second-order valence-electron chi connectivity index (χ2n) is 5.55. The number of carbonyl (C=O) groups is 1. The molecule has 0 aliphatic carbocycles.